The number of carbonyl (C=O) groups excluding carboxylic acids is 1. The minimum atomic E-state index is -4.37. The predicted octanol–water partition coefficient (Wildman–Crippen LogP) is 4.46. The Morgan fingerprint density at radius 1 is 1.29 bits per heavy atom. The highest BCUT2D eigenvalue weighted by atomic mass is 79.9. The zero-order valence-corrected chi connectivity index (χ0v) is 18.1. The molecular weight excluding hydrogens is 479 g/mol. The minimum Gasteiger partial charge on any atom is -0.480 e. The van der Waals surface area contributed by atoms with Gasteiger partial charge in [0.05, 0.1) is 38.4 Å². The Kier molecular flexibility index (Phi) is 6.75. The molecule has 162 valence electrons. The van der Waals surface area contributed by atoms with Gasteiger partial charge in [0.15, 0.2) is 5.69 Å². The summed E-state index contributed by atoms with van der Waals surface area (Å²) in [4.78, 5) is 15.6. The van der Waals surface area contributed by atoms with Gasteiger partial charge in [0.2, 0.25) is 5.88 Å². The third-order valence-corrected chi connectivity index (χ3v) is 4.94. The summed E-state index contributed by atoms with van der Waals surface area (Å²) < 4.78 is 51.2. The van der Waals surface area contributed by atoms with Gasteiger partial charge < -0.3 is 19.2 Å². The van der Waals surface area contributed by atoms with E-state index in [1.54, 1.807) is 30.5 Å². The summed E-state index contributed by atoms with van der Waals surface area (Å²) >= 11 is 3.36. The van der Waals surface area contributed by atoms with Gasteiger partial charge in [0.1, 0.15) is 0 Å². The number of rotatable bonds is 5. The second kappa shape index (κ2) is 9.31. The van der Waals surface area contributed by atoms with Crippen LogP contribution in [0.2, 0.25) is 0 Å². The molecule has 0 unspecified atom stereocenters. The fourth-order valence-corrected chi connectivity index (χ4v) is 3.38. The smallest absolute Gasteiger partial charge is 0.394 e. The van der Waals surface area contributed by atoms with E-state index < -0.39 is 18.6 Å². The fourth-order valence-electron chi connectivity index (χ4n) is 2.92. The zero-order chi connectivity index (χ0) is 22.6. The molecule has 0 amide bonds. The number of esters is 1. The number of methoxy groups -OCH3 is 2. The lowest BCUT2D eigenvalue weighted by molar-refractivity contribution is -0.128. The first-order valence-electron chi connectivity index (χ1n) is 8.95. The summed E-state index contributed by atoms with van der Waals surface area (Å²) in [6.07, 6.45) is -3.89. The normalized spacial score (nSPS) is 11.0. The van der Waals surface area contributed by atoms with Gasteiger partial charge in [-0.15, -0.1) is 0 Å². The number of anilines is 1. The Labute approximate surface area is 184 Å². The van der Waals surface area contributed by atoms with Crippen LogP contribution in [0.5, 0.6) is 5.88 Å². The number of aromatic nitrogens is 2. The van der Waals surface area contributed by atoms with E-state index >= 15 is 0 Å². The van der Waals surface area contributed by atoms with Crippen molar-refractivity contribution in [3.63, 3.8) is 0 Å². The lowest BCUT2D eigenvalue weighted by Gasteiger charge is -2.09. The van der Waals surface area contributed by atoms with Gasteiger partial charge in [-0.05, 0) is 46.3 Å². The van der Waals surface area contributed by atoms with Gasteiger partial charge in [-0.3, -0.25) is 0 Å². The van der Waals surface area contributed by atoms with E-state index in [0.29, 0.717) is 15.7 Å². The van der Waals surface area contributed by atoms with Gasteiger partial charge in [-0.2, -0.15) is 13.2 Å². The molecule has 0 saturated carbocycles. The van der Waals surface area contributed by atoms with E-state index in [9.17, 15) is 18.0 Å². The molecule has 3 aromatic heterocycles. The zero-order valence-electron chi connectivity index (χ0n) is 16.5. The monoisotopic (exact) mass is 495 g/mol. The molecule has 1 N–H and O–H groups in total. The summed E-state index contributed by atoms with van der Waals surface area (Å²) in [6.45, 7) is 0.119. The average Bonchev–Trinajstić information content (AvgIpc) is 3.07. The molecule has 0 aliphatic heterocycles. The van der Waals surface area contributed by atoms with Crippen LogP contribution < -0.4 is 10.1 Å². The van der Waals surface area contributed by atoms with Crippen molar-refractivity contribution in [2.45, 2.75) is 12.6 Å². The van der Waals surface area contributed by atoms with Crippen molar-refractivity contribution in [1.29, 1.82) is 0 Å². The Morgan fingerprint density at radius 3 is 2.74 bits per heavy atom. The fraction of sp³-hybridized carbons (Fsp3) is 0.238. The molecule has 0 radical (unpaired) electrons. The van der Waals surface area contributed by atoms with Crippen molar-refractivity contribution < 1.29 is 27.4 Å². The molecule has 3 aromatic rings. The summed E-state index contributed by atoms with van der Waals surface area (Å²) in [5.41, 5.74) is 1.52. The van der Waals surface area contributed by atoms with Crippen molar-refractivity contribution >= 4 is 33.1 Å². The summed E-state index contributed by atoms with van der Waals surface area (Å²) in [5.74, 6) is 5.20. The molecule has 0 aromatic carbocycles. The van der Waals surface area contributed by atoms with Gasteiger partial charge in [-0.1, -0.05) is 11.8 Å². The van der Waals surface area contributed by atoms with E-state index in [1.165, 1.54) is 24.7 Å². The van der Waals surface area contributed by atoms with Crippen molar-refractivity contribution in [2.75, 3.05) is 26.1 Å². The maximum absolute atomic E-state index is 13.1. The molecule has 6 nitrogen and oxygen atoms in total. The first-order valence-corrected chi connectivity index (χ1v) is 9.74. The van der Waals surface area contributed by atoms with E-state index in [4.69, 9.17) is 4.74 Å². The number of hydrogen-bond donors (Lipinski definition) is 1. The van der Waals surface area contributed by atoms with Gasteiger partial charge >= 0.3 is 12.1 Å². The van der Waals surface area contributed by atoms with Gasteiger partial charge in [-0.25, -0.2) is 9.78 Å². The lowest BCUT2D eigenvalue weighted by atomic mass is 10.2. The molecule has 0 fully saturated rings. The lowest BCUT2D eigenvalue weighted by Crippen LogP contribution is -2.14. The predicted molar refractivity (Wildman–Crippen MR) is 112 cm³/mol. The number of carbonyl (C=O) groups is 1. The molecule has 0 saturated heterocycles. The number of halogens is 4. The minimum absolute atomic E-state index is 0.0676. The highest BCUT2D eigenvalue weighted by Gasteiger charge is 2.30. The van der Waals surface area contributed by atoms with Crippen molar-refractivity contribution in [2.24, 2.45) is 0 Å². The van der Waals surface area contributed by atoms with Gasteiger partial charge in [0.25, 0.3) is 0 Å². The molecular formula is C21H17BrF3N3O3. The quantitative estimate of drug-likeness (QED) is 0.418. The summed E-state index contributed by atoms with van der Waals surface area (Å²) in [7, 11) is 2.64. The number of alkyl halides is 3. The number of ether oxygens (including phenoxy) is 2. The van der Waals surface area contributed by atoms with Gasteiger partial charge in [0, 0.05) is 21.9 Å². The molecule has 10 heteroatoms. The topological polar surface area (TPSA) is 64.9 Å². The number of fused-ring (bicyclic) bond motifs is 1. The van der Waals surface area contributed by atoms with E-state index in [1.807, 2.05) is 0 Å². The van der Waals surface area contributed by atoms with Crippen LogP contribution in [0, 0.1) is 11.8 Å². The third-order valence-electron chi connectivity index (χ3n) is 4.27. The molecule has 0 spiro atoms. The second-order valence-corrected chi connectivity index (χ2v) is 7.16. The number of hydrogen-bond acceptors (Lipinski definition) is 5. The molecule has 31 heavy (non-hydrogen) atoms. The Bertz CT molecular complexity index is 1180. The third kappa shape index (κ3) is 5.30. The standard InChI is InChI=1S/C21H17BrF3N3O3/c1-30-19-15(7-8-16(27-19)20(29)31-2)26-9-3-5-13-11-17-14(22)6-4-10-28(17)18(13)12-21(23,24)25/h4,6-8,10-11,26H,9,12H2,1-2H3. The van der Waals surface area contributed by atoms with E-state index in [2.05, 4.69) is 42.8 Å². The maximum atomic E-state index is 13.1. The van der Waals surface area contributed by atoms with Crippen LogP contribution in [0.25, 0.3) is 5.52 Å². The highest BCUT2D eigenvalue weighted by Crippen LogP contribution is 2.29. The van der Waals surface area contributed by atoms with Crippen LogP contribution in [0.3, 0.4) is 0 Å². The van der Waals surface area contributed by atoms with E-state index in [0.717, 1.165) is 0 Å². The van der Waals surface area contributed by atoms with Crippen LogP contribution in [0.15, 0.2) is 41.0 Å². The Hall–Kier alpha value is -3.19. The van der Waals surface area contributed by atoms with Crippen molar-refractivity contribution in [1.82, 2.24) is 9.38 Å². The van der Waals surface area contributed by atoms with Crippen molar-refractivity contribution in [3.8, 4) is 17.7 Å². The highest BCUT2D eigenvalue weighted by molar-refractivity contribution is 9.10. The first kappa shape index (κ1) is 22.5. The van der Waals surface area contributed by atoms with Crippen molar-refractivity contribution in [3.05, 3.63) is 58.0 Å². The van der Waals surface area contributed by atoms with Crippen LogP contribution in [0.1, 0.15) is 21.7 Å². The number of nitrogens with zero attached hydrogens (tertiary/aromatic N) is 2. The second-order valence-electron chi connectivity index (χ2n) is 6.31. The summed E-state index contributed by atoms with van der Waals surface area (Å²) in [6, 6.07) is 8.07. The Balaban J connectivity index is 1.84. The largest absolute Gasteiger partial charge is 0.480 e. The van der Waals surface area contributed by atoms with E-state index in [-0.39, 0.29) is 29.4 Å². The molecule has 0 aliphatic rings. The van der Waals surface area contributed by atoms with Crippen LogP contribution >= 0.6 is 15.9 Å². The molecule has 3 heterocycles. The SMILES string of the molecule is COC(=O)c1ccc(NCC#Cc2cc3c(Br)cccn3c2CC(F)(F)F)c(OC)n1. The molecule has 3 rings (SSSR count). The average molecular weight is 496 g/mol. The molecule has 0 bridgehead atoms. The molecule has 0 atom stereocenters. The Morgan fingerprint density at radius 2 is 2.06 bits per heavy atom. The van der Waals surface area contributed by atoms with Crippen LogP contribution in [0.4, 0.5) is 18.9 Å². The number of nitrogens with one attached hydrogen (secondary N) is 1. The number of pyridine rings is 2. The van der Waals surface area contributed by atoms with Crippen LogP contribution in [-0.4, -0.2) is 42.3 Å². The first-order chi connectivity index (χ1) is 14.7. The summed E-state index contributed by atoms with van der Waals surface area (Å²) in [5, 5.41) is 2.98. The maximum Gasteiger partial charge on any atom is 0.394 e. The van der Waals surface area contributed by atoms with Crippen LogP contribution in [-0.2, 0) is 11.2 Å². The molecule has 0 aliphatic carbocycles.